The molecule has 0 aliphatic carbocycles. The highest BCUT2D eigenvalue weighted by molar-refractivity contribution is 8.08. The van der Waals surface area contributed by atoms with Gasteiger partial charge in [0.25, 0.3) is 10.1 Å². The van der Waals surface area contributed by atoms with Gasteiger partial charge in [-0.15, -0.1) is 0 Å². The summed E-state index contributed by atoms with van der Waals surface area (Å²) < 4.78 is 128. The largest absolute Gasteiger partial charge is 0.488 e. The van der Waals surface area contributed by atoms with Gasteiger partial charge in [-0.2, -0.15) is 12.7 Å². The van der Waals surface area contributed by atoms with E-state index in [0.29, 0.717) is 40.7 Å². The number of aliphatic hydroxyl groups is 1. The van der Waals surface area contributed by atoms with Crippen LogP contribution in [0.2, 0.25) is 0 Å². The van der Waals surface area contributed by atoms with Crippen molar-refractivity contribution in [1.29, 1.82) is 0 Å². The standard InChI is InChI=1S/C50H61N10O20P3S3/c51-47-40-48(55-26-54-47)60(27-56-40)49-43(62)46(36(76-49)25-75-81(64,65)79-82(66,67)80-83(68,69)84)78-50(63)53-17-16-52-38(61)12-2-1-3-15-57-85(70,71)30-13-14-31(37(24-30)86(72,73)74)39-34-22-28-8-4-18-58-20-6-10-32(41(28)58)44(34)77-45-33-11-7-21-59-19-5-9-29(42(33)59)23-35(39)45/h13-14,22-24,26-27,36,43,46,49,57,62H,1-12,15-21,25H2,(H8-,51,52,53,54,55,61,63,64,65,66,67,68,69,72,73,74,84)/p+1/t36-,43-,46-,49?/m1/s1. The van der Waals surface area contributed by atoms with Crippen LogP contribution in [0.1, 0.15) is 91.0 Å². The Kier molecular flexibility index (Phi) is 17.7. The molecule has 1 fully saturated rings. The first-order valence-corrected chi connectivity index (χ1v) is 36.1. The Bertz CT molecular complexity index is 4090. The Hall–Kier alpha value is -5.41. The van der Waals surface area contributed by atoms with Crippen LogP contribution in [0.4, 0.5) is 16.3 Å². The zero-order valence-electron chi connectivity index (χ0n) is 45.7. The molecule has 11 rings (SSSR count). The van der Waals surface area contributed by atoms with Crippen molar-refractivity contribution < 1.29 is 92.1 Å². The lowest BCUT2D eigenvalue weighted by molar-refractivity contribution is -0.121. The quantitative estimate of drug-likeness (QED) is 0.0199. The van der Waals surface area contributed by atoms with Gasteiger partial charge in [-0.05, 0) is 93.0 Å². The monoisotopic (exact) mass is 1310 g/mol. The number of nitrogens with one attached hydrogen (secondary N) is 3. The summed E-state index contributed by atoms with van der Waals surface area (Å²) in [6, 6.07) is 7.97. The first-order valence-electron chi connectivity index (χ1n) is 27.6. The molecule has 3 unspecified atom stereocenters. The second kappa shape index (κ2) is 24.5. The number of rotatable bonds is 22. The second-order valence-electron chi connectivity index (χ2n) is 21.4. The van der Waals surface area contributed by atoms with Crippen LogP contribution in [0.3, 0.4) is 0 Å². The molecule has 0 radical (unpaired) electrons. The number of hydrogen-bond acceptors (Lipinski definition) is 21. The van der Waals surface area contributed by atoms with Crippen LogP contribution in [0.15, 0.2) is 52.8 Å². The highest BCUT2D eigenvalue weighted by Crippen LogP contribution is 2.66. The van der Waals surface area contributed by atoms with Crippen molar-refractivity contribution in [3.63, 3.8) is 0 Å². The molecular weight excluding hydrogens is 1250 g/mol. The third-order valence-corrected chi connectivity index (χ3v) is 22.4. The molecule has 5 aromatic rings. The van der Waals surface area contributed by atoms with Crippen LogP contribution < -0.4 is 45.9 Å². The summed E-state index contributed by atoms with van der Waals surface area (Å²) >= 11 is 4.09. The number of phosphoric ester groups is 1. The summed E-state index contributed by atoms with van der Waals surface area (Å²) in [5, 5.41) is 18.2. The number of carbonyl (C=O) groups excluding carboxylic acids is 2. The number of fused-ring (bicyclic) bond motifs is 5. The summed E-state index contributed by atoms with van der Waals surface area (Å²) in [4.78, 5) is 77.5. The number of hydrogen-bond donors (Lipinski definition) is 10. The van der Waals surface area contributed by atoms with Gasteiger partial charge >= 0.3 is 28.5 Å². The van der Waals surface area contributed by atoms with E-state index in [1.165, 1.54) is 27.7 Å². The maximum absolute atomic E-state index is 13.9. The Labute approximate surface area is 496 Å². The minimum atomic E-state index is -5.70. The van der Waals surface area contributed by atoms with Gasteiger partial charge in [0.2, 0.25) is 21.3 Å². The van der Waals surface area contributed by atoms with Gasteiger partial charge in [0.1, 0.15) is 53.5 Å². The number of amides is 2. The zero-order valence-corrected chi connectivity index (χ0v) is 50.9. The Morgan fingerprint density at radius 2 is 1.57 bits per heavy atom. The fourth-order valence-electron chi connectivity index (χ4n) is 12.1. The van der Waals surface area contributed by atoms with Crippen LogP contribution in [0, 0.1) is 0 Å². The Morgan fingerprint density at radius 1 is 0.837 bits per heavy atom. The number of ether oxygens (including phenoxy) is 3. The van der Waals surface area contributed by atoms with E-state index in [4.69, 9.17) is 24.5 Å². The molecule has 36 heteroatoms. The van der Waals surface area contributed by atoms with Crippen molar-refractivity contribution in [2.45, 2.75) is 111 Å². The van der Waals surface area contributed by atoms with E-state index in [-0.39, 0.29) is 59.9 Å². The third kappa shape index (κ3) is 13.2. The summed E-state index contributed by atoms with van der Waals surface area (Å²) in [5.74, 6) is 0.876. The molecule has 0 saturated carbocycles. The average Bonchev–Trinajstić information content (AvgIpc) is 1.07. The molecule has 2 aromatic heterocycles. The van der Waals surface area contributed by atoms with Crippen LogP contribution >= 0.6 is 22.4 Å². The molecule has 6 atom stereocenters. The number of alkyl carbamates (subject to hydrolysis) is 1. The molecule has 6 aliphatic heterocycles. The number of nitrogens with zero attached hydrogens (tertiary/aromatic N) is 6. The molecule has 1 saturated heterocycles. The predicted octanol–water partition coefficient (Wildman–Crippen LogP) is 1.56. The van der Waals surface area contributed by atoms with E-state index in [0.717, 1.165) is 119 Å². The molecule has 0 bridgehead atoms. The highest BCUT2D eigenvalue weighted by Gasteiger charge is 2.50. The molecule has 2 amide bonds. The van der Waals surface area contributed by atoms with E-state index in [1.807, 2.05) is 0 Å². The molecule has 6 aliphatic rings. The van der Waals surface area contributed by atoms with Gasteiger partial charge in [-0.1, -0.05) is 12.5 Å². The first kappa shape index (κ1) is 62.2. The minimum Gasteiger partial charge on any atom is -0.455 e. The number of nitrogen functional groups attached to an aromatic ring is 1. The lowest BCUT2D eigenvalue weighted by atomic mass is 9.82. The molecule has 30 nitrogen and oxygen atoms in total. The third-order valence-electron chi connectivity index (χ3n) is 15.6. The van der Waals surface area contributed by atoms with Gasteiger partial charge in [0.15, 0.2) is 23.8 Å². The van der Waals surface area contributed by atoms with Crippen molar-refractivity contribution in [2.75, 3.05) is 63.1 Å². The number of aromatic nitrogens is 4. The maximum atomic E-state index is 13.9. The van der Waals surface area contributed by atoms with E-state index in [2.05, 4.69) is 72.3 Å². The summed E-state index contributed by atoms with van der Waals surface area (Å²) in [6.07, 6.45) is 2.45. The van der Waals surface area contributed by atoms with Gasteiger partial charge < -0.3 is 60.2 Å². The lowest BCUT2D eigenvalue weighted by Gasteiger charge is -2.39. The smallest absolute Gasteiger partial charge is 0.455 e. The second-order valence-corrected chi connectivity index (χ2v) is 30.4. The number of aliphatic hydroxyl groups excluding tert-OH is 1. The minimum absolute atomic E-state index is 0.0117. The number of benzene rings is 3. The summed E-state index contributed by atoms with van der Waals surface area (Å²) in [6.45, 7) is -2.63. The van der Waals surface area contributed by atoms with Gasteiger partial charge in [0, 0.05) is 90.7 Å². The van der Waals surface area contributed by atoms with Crippen molar-refractivity contribution in [2.24, 2.45) is 0 Å². The van der Waals surface area contributed by atoms with Crippen LogP contribution in [-0.4, -0.2) is 148 Å². The maximum Gasteiger partial charge on any atom is 0.488 e. The van der Waals surface area contributed by atoms with Crippen LogP contribution in [-0.2, 0) is 94.2 Å². The number of sulfonamides is 1. The van der Waals surface area contributed by atoms with Gasteiger partial charge in [-0.25, -0.2) is 50.9 Å². The molecular formula is C50H62N10O20P3S3+. The number of carbonyl (C=O) groups is 2. The average molecular weight is 1310 g/mol. The predicted molar refractivity (Wildman–Crippen MR) is 308 cm³/mol. The molecule has 0 spiro atoms. The number of anilines is 2. The molecule has 11 N–H and O–H groups in total. The van der Waals surface area contributed by atoms with Gasteiger partial charge in [-0.3, -0.25) is 18.4 Å². The zero-order chi connectivity index (χ0) is 61.1. The SMILES string of the molecule is Nc1ncnc2c1ncn2C1O[C@H](COP(=O)(O)OP(=O)(O)OP(O)(O)=S)[C@@H](OC(=O)NCCNC(=O)CCCCCNS(=O)(=O)c2ccc(C3=c4cc5c6c(c4Oc4c3cc3c7c4CCCN7CCC3)CCC[N+]=6CCC5)c(S(=O)(=O)O)c2)[C@H]1O. The first-order chi connectivity index (χ1) is 40.8. The number of nitrogens with two attached hydrogens (primary N) is 1. The molecule has 86 heavy (non-hydrogen) atoms. The number of phosphoric acid groups is 2. The highest BCUT2D eigenvalue weighted by atomic mass is 32.5. The van der Waals surface area contributed by atoms with E-state index < -0.39 is 90.5 Å². The summed E-state index contributed by atoms with van der Waals surface area (Å²) in [5.41, 5.74) is 13.0. The fraction of sp³-hybridized carbons (Fsp3) is 0.480. The normalized spacial score (nSPS) is 21.3. The van der Waals surface area contributed by atoms with Crippen LogP contribution in [0.25, 0.3) is 16.7 Å². The Balaban J connectivity index is 0.700. The lowest BCUT2D eigenvalue weighted by Crippen LogP contribution is -2.45. The van der Waals surface area contributed by atoms with Crippen molar-refractivity contribution >= 4 is 94.6 Å². The fourth-order valence-corrected chi connectivity index (χ4v) is 17.8. The van der Waals surface area contributed by atoms with Crippen LogP contribution in [0.5, 0.6) is 11.5 Å². The number of imidazole rings is 1. The topological polar surface area (TPSA) is 425 Å². The van der Waals surface area contributed by atoms with Crippen molar-refractivity contribution in [1.82, 2.24) is 39.5 Å². The molecule has 8 heterocycles. The summed E-state index contributed by atoms with van der Waals surface area (Å²) in [7, 11) is -20.7. The van der Waals surface area contributed by atoms with Crippen molar-refractivity contribution in [3.05, 3.63) is 86.9 Å². The van der Waals surface area contributed by atoms with E-state index in [1.54, 1.807) is 0 Å². The van der Waals surface area contributed by atoms with E-state index in [9.17, 15) is 64.8 Å². The molecule has 3 aromatic carbocycles. The Morgan fingerprint density at radius 3 is 2.34 bits per heavy atom. The van der Waals surface area contributed by atoms with Crippen molar-refractivity contribution in [3.8, 4) is 11.5 Å². The molecule has 464 valence electrons. The number of unbranched alkanes of at least 4 members (excludes halogenated alkanes) is 2. The van der Waals surface area contributed by atoms with E-state index >= 15 is 0 Å². The van der Waals surface area contributed by atoms with Gasteiger partial charge in [0.05, 0.1) is 23.4 Å². The number of aryl methyl sites for hydroxylation is 2.